The summed E-state index contributed by atoms with van der Waals surface area (Å²) in [5.41, 5.74) is 0.580. The topological polar surface area (TPSA) is 18.5 Å². The molecule has 2 nitrogen and oxygen atoms in total. The monoisotopic (exact) mass is 220 g/mol. The van der Waals surface area contributed by atoms with Gasteiger partial charge in [-0.05, 0) is 25.7 Å². The van der Waals surface area contributed by atoms with Gasteiger partial charge >= 0.3 is 0 Å². The first-order valence-electron chi connectivity index (χ1n) is 6.78. The minimum absolute atomic E-state index is 0.236. The summed E-state index contributed by atoms with van der Waals surface area (Å²) in [6.07, 6.45) is 14.4. The molecule has 16 heavy (non-hydrogen) atoms. The number of hydrogen-bond acceptors (Lipinski definition) is 2. The van der Waals surface area contributed by atoms with Crippen molar-refractivity contribution in [1.82, 2.24) is 0 Å². The molecule has 88 valence electrons. The zero-order chi connectivity index (χ0) is 10.6. The van der Waals surface area contributed by atoms with E-state index in [9.17, 15) is 0 Å². The van der Waals surface area contributed by atoms with Gasteiger partial charge < -0.3 is 9.47 Å². The summed E-state index contributed by atoms with van der Waals surface area (Å²) in [4.78, 5) is 0. The van der Waals surface area contributed by atoms with Crippen molar-refractivity contribution in [3.63, 3.8) is 0 Å². The Balaban J connectivity index is 1.59. The fraction of sp³-hybridized carbons (Fsp3) is 0.857. The fourth-order valence-electron chi connectivity index (χ4n) is 4.36. The Morgan fingerprint density at radius 1 is 1.06 bits per heavy atom. The molecule has 2 heteroatoms. The lowest BCUT2D eigenvalue weighted by Gasteiger charge is -2.34. The third-order valence-corrected chi connectivity index (χ3v) is 5.14. The molecule has 3 fully saturated rings. The smallest absolute Gasteiger partial charge is 0.0845 e. The van der Waals surface area contributed by atoms with E-state index in [1.807, 2.05) is 0 Å². The van der Waals surface area contributed by atoms with E-state index in [-0.39, 0.29) is 5.60 Å². The van der Waals surface area contributed by atoms with Crippen LogP contribution in [-0.2, 0) is 9.47 Å². The van der Waals surface area contributed by atoms with Gasteiger partial charge in [0.1, 0.15) is 0 Å². The van der Waals surface area contributed by atoms with E-state index >= 15 is 0 Å². The highest BCUT2D eigenvalue weighted by molar-refractivity contribution is 5.19. The van der Waals surface area contributed by atoms with Gasteiger partial charge in [0.2, 0.25) is 0 Å². The van der Waals surface area contributed by atoms with Crippen molar-refractivity contribution >= 4 is 0 Å². The van der Waals surface area contributed by atoms with E-state index in [0.717, 1.165) is 6.61 Å². The Bertz CT molecular complexity index is 330. The van der Waals surface area contributed by atoms with Crippen molar-refractivity contribution in [3.8, 4) is 0 Å². The van der Waals surface area contributed by atoms with Crippen molar-refractivity contribution in [1.29, 1.82) is 0 Å². The third-order valence-electron chi connectivity index (χ3n) is 5.14. The van der Waals surface area contributed by atoms with Crippen molar-refractivity contribution in [2.45, 2.75) is 62.8 Å². The van der Waals surface area contributed by atoms with Gasteiger partial charge in [-0.15, -0.1) is 0 Å². The van der Waals surface area contributed by atoms with Gasteiger partial charge in [-0.1, -0.05) is 31.4 Å². The second-order valence-electron chi connectivity index (χ2n) is 6.26. The predicted octanol–water partition coefficient (Wildman–Crippen LogP) is 2.82. The van der Waals surface area contributed by atoms with E-state index in [0.29, 0.717) is 17.6 Å². The van der Waals surface area contributed by atoms with Gasteiger partial charge in [0.05, 0.1) is 24.4 Å². The Morgan fingerprint density at radius 2 is 1.94 bits per heavy atom. The predicted molar refractivity (Wildman–Crippen MR) is 61.2 cm³/mol. The lowest BCUT2D eigenvalue weighted by atomic mass is 9.69. The van der Waals surface area contributed by atoms with Crippen LogP contribution in [0.15, 0.2) is 12.2 Å². The SMILES string of the molecule is C1=CC2OC1CC21COC2(CCCCC2)C1. The molecular formula is C14H20O2. The summed E-state index contributed by atoms with van der Waals surface area (Å²) in [7, 11) is 0. The molecule has 0 aromatic heterocycles. The van der Waals surface area contributed by atoms with Gasteiger partial charge in [-0.2, -0.15) is 0 Å². The zero-order valence-electron chi connectivity index (χ0n) is 9.78. The highest BCUT2D eigenvalue weighted by Crippen LogP contribution is 2.56. The number of fused-ring (bicyclic) bond motifs is 3. The maximum Gasteiger partial charge on any atom is 0.0845 e. The molecule has 3 heterocycles. The van der Waals surface area contributed by atoms with Gasteiger partial charge in [0.25, 0.3) is 0 Å². The highest BCUT2D eigenvalue weighted by Gasteiger charge is 2.58. The van der Waals surface area contributed by atoms with Crippen LogP contribution in [0.3, 0.4) is 0 Å². The maximum atomic E-state index is 6.26. The van der Waals surface area contributed by atoms with E-state index < -0.39 is 0 Å². The summed E-state index contributed by atoms with van der Waals surface area (Å²) < 4.78 is 12.2. The molecule has 2 saturated heterocycles. The van der Waals surface area contributed by atoms with E-state index in [4.69, 9.17) is 9.47 Å². The van der Waals surface area contributed by atoms with E-state index in [1.54, 1.807) is 0 Å². The molecule has 2 spiro atoms. The van der Waals surface area contributed by atoms with Crippen molar-refractivity contribution in [3.05, 3.63) is 12.2 Å². The van der Waals surface area contributed by atoms with Crippen LogP contribution in [0, 0.1) is 5.41 Å². The fourth-order valence-corrected chi connectivity index (χ4v) is 4.36. The number of ether oxygens (including phenoxy) is 2. The number of rotatable bonds is 0. The molecule has 3 atom stereocenters. The van der Waals surface area contributed by atoms with Crippen molar-refractivity contribution in [2.24, 2.45) is 5.41 Å². The molecule has 0 N–H and O–H groups in total. The zero-order valence-corrected chi connectivity index (χ0v) is 9.78. The summed E-state index contributed by atoms with van der Waals surface area (Å²) in [5.74, 6) is 0. The quantitative estimate of drug-likeness (QED) is 0.584. The van der Waals surface area contributed by atoms with Gasteiger partial charge in [0, 0.05) is 5.41 Å². The minimum atomic E-state index is 0.236. The van der Waals surface area contributed by atoms with Crippen LogP contribution in [0.5, 0.6) is 0 Å². The average molecular weight is 220 g/mol. The van der Waals surface area contributed by atoms with Crippen molar-refractivity contribution < 1.29 is 9.47 Å². The molecule has 4 aliphatic rings. The van der Waals surface area contributed by atoms with E-state index in [1.165, 1.54) is 44.9 Å². The molecule has 1 aliphatic carbocycles. The van der Waals surface area contributed by atoms with Crippen LogP contribution in [-0.4, -0.2) is 24.4 Å². The largest absolute Gasteiger partial charge is 0.374 e. The van der Waals surface area contributed by atoms with Crippen LogP contribution in [0.4, 0.5) is 0 Å². The van der Waals surface area contributed by atoms with Gasteiger partial charge in [-0.25, -0.2) is 0 Å². The molecule has 0 aromatic rings. The first-order chi connectivity index (χ1) is 7.80. The maximum absolute atomic E-state index is 6.26. The normalized spacial score (nSPS) is 48.5. The summed E-state index contributed by atoms with van der Waals surface area (Å²) in [6.45, 7) is 0.943. The molecular weight excluding hydrogens is 200 g/mol. The molecule has 3 unspecified atom stereocenters. The summed E-state index contributed by atoms with van der Waals surface area (Å²) in [6, 6.07) is 0. The summed E-state index contributed by atoms with van der Waals surface area (Å²) in [5, 5.41) is 0. The average Bonchev–Trinajstić information content (AvgIpc) is 2.96. The standard InChI is InChI=1S/C14H20O2/c1-2-6-14(7-3-1)9-13(10-15-14)8-11-4-5-12(13)16-11/h4-5,11-12H,1-3,6-10H2. The lowest BCUT2D eigenvalue weighted by Crippen LogP contribution is -2.35. The Kier molecular flexibility index (Phi) is 1.88. The van der Waals surface area contributed by atoms with Crippen molar-refractivity contribution in [2.75, 3.05) is 6.61 Å². The Hall–Kier alpha value is -0.340. The second kappa shape index (κ2) is 3.11. The first-order valence-corrected chi connectivity index (χ1v) is 6.78. The van der Waals surface area contributed by atoms with Crippen LogP contribution in [0.25, 0.3) is 0 Å². The Labute approximate surface area is 97.0 Å². The molecule has 0 amide bonds. The Morgan fingerprint density at radius 3 is 2.62 bits per heavy atom. The highest BCUT2D eigenvalue weighted by atomic mass is 16.5. The first kappa shape index (κ1) is 9.67. The lowest BCUT2D eigenvalue weighted by molar-refractivity contribution is -0.0268. The van der Waals surface area contributed by atoms with Gasteiger partial charge in [-0.3, -0.25) is 0 Å². The number of hydrogen-bond donors (Lipinski definition) is 0. The van der Waals surface area contributed by atoms with Crippen LogP contribution in [0.2, 0.25) is 0 Å². The van der Waals surface area contributed by atoms with Crippen LogP contribution < -0.4 is 0 Å². The molecule has 4 rings (SSSR count). The van der Waals surface area contributed by atoms with Crippen LogP contribution >= 0.6 is 0 Å². The summed E-state index contributed by atoms with van der Waals surface area (Å²) >= 11 is 0. The minimum Gasteiger partial charge on any atom is -0.374 e. The molecule has 0 aromatic carbocycles. The van der Waals surface area contributed by atoms with Gasteiger partial charge in [0.15, 0.2) is 0 Å². The molecule has 1 saturated carbocycles. The molecule has 3 aliphatic heterocycles. The molecule has 2 bridgehead atoms. The second-order valence-corrected chi connectivity index (χ2v) is 6.26. The third kappa shape index (κ3) is 1.20. The van der Waals surface area contributed by atoms with Crippen LogP contribution in [0.1, 0.15) is 44.9 Å². The molecule has 0 radical (unpaired) electrons. The van der Waals surface area contributed by atoms with E-state index in [2.05, 4.69) is 12.2 Å².